The number of carboxylic acid groups (broad SMARTS) is 1. The number of carbonyl (C=O) groups is 2. The molecule has 0 radical (unpaired) electrons. The van der Waals surface area contributed by atoms with Crippen molar-refractivity contribution >= 4 is 21.6 Å². The summed E-state index contributed by atoms with van der Waals surface area (Å²) in [7, 11) is -4.19. The average molecular weight is 824 g/mol. The molecule has 4 aromatic carbocycles. The molecule has 0 fully saturated rings. The highest BCUT2D eigenvalue weighted by Crippen LogP contribution is 2.34. The van der Waals surface area contributed by atoms with Crippen LogP contribution < -0.4 is 9.47 Å². The Hall–Kier alpha value is -7.05. The lowest BCUT2D eigenvalue weighted by molar-refractivity contribution is 0.0693. The van der Waals surface area contributed by atoms with Crippen LogP contribution in [0, 0.1) is 47.5 Å². The van der Waals surface area contributed by atoms with E-state index in [1.54, 1.807) is 12.1 Å². The molecule has 304 valence electrons. The van der Waals surface area contributed by atoms with E-state index in [0.717, 1.165) is 56.6 Å². The number of carboxylic acids is 1. The summed E-state index contributed by atoms with van der Waals surface area (Å²) in [5.74, 6) is -2.37. The van der Waals surface area contributed by atoms with Gasteiger partial charge in [-0.2, -0.15) is 4.39 Å². The molecule has 0 aliphatic heterocycles. The zero-order valence-electron chi connectivity index (χ0n) is 33.9. The van der Waals surface area contributed by atoms with Crippen molar-refractivity contribution in [2.24, 2.45) is 0 Å². The molecular formula is C48H42FN3O7S. The Morgan fingerprint density at radius 1 is 0.567 bits per heavy atom. The quantitative estimate of drug-likeness (QED) is 0.0988. The zero-order valence-corrected chi connectivity index (χ0v) is 34.7. The van der Waals surface area contributed by atoms with Crippen LogP contribution in [-0.4, -0.2) is 46.0 Å². The standard InChI is InChI=1S/C27H23FN2O4S.C21H19NO3/c1-17-14-18(2)26(19(3)15-17)34-27-21(12-13-22(29-27)20-8-5-4-6-9-20)23(31)16-35(32,33)25-11-7-10-24(28)30-25;1-13-11-14(2)19(15(3)12-13)25-20-17(21(23)24)9-10-18(22-20)16-7-5-4-6-8-16/h4-15H,16H2,1-3H3;4-12H,1-3H3,(H,23,24). The van der Waals surface area contributed by atoms with Gasteiger partial charge < -0.3 is 14.6 Å². The Bertz CT molecular complexity index is 2790. The van der Waals surface area contributed by atoms with Gasteiger partial charge in [0, 0.05) is 11.1 Å². The number of aryl methyl sites for hydroxylation is 6. The molecule has 1 N–H and O–H groups in total. The van der Waals surface area contributed by atoms with Crippen molar-refractivity contribution in [1.29, 1.82) is 0 Å². The number of pyridine rings is 3. The van der Waals surface area contributed by atoms with E-state index in [0.29, 0.717) is 22.9 Å². The third-order valence-corrected chi connectivity index (χ3v) is 10.8. The van der Waals surface area contributed by atoms with E-state index in [9.17, 15) is 27.5 Å². The molecule has 0 atom stereocenters. The van der Waals surface area contributed by atoms with Crippen LogP contribution in [0.4, 0.5) is 4.39 Å². The van der Waals surface area contributed by atoms with E-state index < -0.39 is 38.3 Å². The van der Waals surface area contributed by atoms with Gasteiger partial charge in [-0.05, 0) is 100 Å². The molecule has 3 aromatic heterocycles. The number of benzene rings is 4. The van der Waals surface area contributed by atoms with Crippen molar-refractivity contribution in [2.75, 3.05) is 5.75 Å². The van der Waals surface area contributed by atoms with Crippen LogP contribution in [0.3, 0.4) is 0 Å². The van der Waals surface area contributed by atoms with Crippen molar-refractivity contribution in [1.82, 2.24) is 15.0 Å². The largest absolute Gasteiger partial charge is 0.477 e. The number of aromatic carboxylic acids is 1. The zero-order chi connectivity index (χ0) is 43.1. The number of halogens is 1. The third-order valence-electron chi connectivity index (χ3n) is 9.33. The maximum absolute atomic E-state index is 13.5. The van der Waals surface area contributed by atoms with E-state index in [1.165, 1.54) is 18.2 Å². The molecule has 60 heavy (non-hydrogen) atoms. The predicted octanol–water partition coefficient (Wildman–Crippen LogP) is 10.8. The molecule has 0 spiro atoms. The van der Waals surface area contributed by atoms with Crippen molar-refractivity contribution in [3.63, 3.8) is 0 Å². The lowest BCUT2D eigenvalue weighted by atomic mass is 10.1. The fraction of sp³-hybridized carbons (Fsp3) is 0.146. The molecule has 0 aliphatic rings. The highest BCUT2D eigenvalue weighted by molar-refractivity contribution is 7.92. The molecule has 0 amide bonds. The Morgan fingerprint density at radius 2 is 1.00 bits per heavy atom. The van der Waals surface area contributed by atoms with E-state index >= 15 is 0 Å². The van der Waals surface area contributed by atoms with Gasteiger partial charge in [0.15, 0.2) is 10.8 Å². The van der Waals surface area contributed by atoms with Gasteiger partial charge in [-0.1, -0.05) is 102 Å². The molecule has 7 rings (SSSR count). The molecule has 0 unspecified atom stereocenters. The number of rotatable bonds is 11. The Balaban J connectivity index is 0.000000213. The van der Waals surface area contributed by atoms with Crippen molar-refractivity contribution in [3.8, 4) is 45.8 Å². The molecule has 0 bridgehead atoms. The number of hydrogen-bond acceptors (Lipinski definition) is 9. The summed E-state index contributed by atoms with van der Waals surface area (Å²) in [4.78, 5) is 37.2. The second-order valence-electron chi connectivity index (χ2n) is 14.3. The number of nitrogens with zero attached hydrogens (tertiary/aromatic N) is 3. The third kappa shape index (κ3) is 10.1. The molecule has 0 aliphatic carbocycles. The molecule has 10 nitrogen and oxygen atoms in total. The number of ketones is 1. The Kier molecular flexibility index (Phi) is 12.9. The first-order chi connectivity index (χ1) is 28.6. The van der Waals surface area contributed by atoms with Crippen LogP contribution in [0.5, 0.6) is 23.3 Å². The molecule has 0 saturated heterocycles. The first kappa shape index (κ1) is 42.6. The van der Waals surface area contributed by atoms with Crippen LogP contribution in [-0.2, 0) is 9.84 Å². The Labute approximate surface area is 348 Å². The number of sulfone groups is 1. The minimum atomic E-state index is -4.19. The van der Waals surface area contributed by atoms with Gasteiger partial charge in [-0.15, -0.1) is 0 Å². The summed E-state index contributed by atoms with van der Waals surface area (Å²) in [6.45, 7) is 11.6. The maximum Gasteiger partial charge on any atom is 0.341 e. The van der Waals surface area contributed by atoms with Gasteiger partial charge >= 0.3 is 5.97 Å². The maximum atomic E-state index is 13.5. The first-order valence-electron chi connectivity index (χ1n) is 18.9. The monoisotopic (exact) mass is 823 g/mol. The van der Waals surface area contributed by atoms with Crippen molar-refractivity contribution in [2.45, 2.75) is 46.6 Å². The van der Waals surface area contributed by atoms with Gasteiger partial charge in [0.05, 0.1) is 17.0 Å². The fourth-order valence-corrected chi connectivity index (χ4v) is 7.85. The van der Waals surface area contributed by atoms with Crippen molar-refractivity contribution in [3.05, 3.63) is 178 Å². The lowest BCUT2D eigenvalue weighted by Crippen LogP contribution is -2.19. The van der Waals surface area contributed by atoms with E-state index in [4.69, 9.17) is 9.47 Å². The highest BCUT2D eigenvalue weighted by Gasteiger charge is 2.26. The smallest absolute Gasteiger partial charge is 0.341 e. The topological polar surface area (TPSA) is 146 Å². The van der Waals surface area contributed by atoms with Crippen LogP contribution in [0.15, 0.2) is 132 Å². The van der Waals surface area contributed by atoms with Crippen LogP contribution >= 0.6 is 0 Å². The van der Waals surface area contributed by atoms with Crippen LogP contribution in [0.25, 0.3) is 22.5 Å². The highest BCUT2D eigenvalue weighted by atomic mass is 32.2. The lowest BCUT2D eigenvalue weighted by Gasteiger charge is -2.15. The summed E-state index contributed by atoms with van der Waals surface area (Å²) in [6, 6.07) is 36.6. The Morgan fingerprint density at radius 3 is 1.43 bits per heavy atom. The number of hydrogen-bond donors (Lipinski definition) is 1. The second kappa shape index (κ2) is 18.3. The molecule has 0 saturated carbocycles. The predicted molar refractivity (Wildman–Crippen MR) is 228 cm³/mol. The van der Waals surface area contributed by atoms with Crippen LogP contribution in [0.1, 0.15) is 54.1 Å². The summed E-state index contributed by atoms with van der Waals surface area (Å²) < 4.78 is 51.1. The summed E-state index contributed by atoms with van der Waals surface area (Å²) in [6.07, 6.45) is 0. The van der Waals surface area contributed by atoms with Gasteiger partial charge in [0.2, 0.25) is 27.5 Å². The van der Waals surface area contributed by atoms with E-state index in [-0.39, 0.29) is 22.9 Å². The fourth-order valence-electron chi connectivity index (χ4n) is 6.69. The number of ether oxygens (including phenoxy) is 2. The van der Waals surface area contributed by atoms with Gasteiger partial charge in [0.25, 0.3) is 0 Å². The van der Waals surface area contributed by atoms with Gasteiger partial charge in [0.1, 0.15) is 22.8 Å². The van der Waals surface area contributed by atoms with Crippen molar-refractivity contribution < 1.29 is 37.0 Å². The minimum Gasteiger partial charge on any atom is -0.477 e. The molecule has 3 heterocycles. The molecule has 7 aromatic rings. The molecule has 12 heteroatoms. The summed E-state index contributed by atoms with van der Waals surface area (Å²) in [5.41, 5.74) is 8.78. The van der Waals surface area contributed by atoms with Gasteiger partial charge in [-0.25, -0.2) is 28.2 Å². The SMILES string of the molecule is Cc1cc(C)c(Oc2nc(-c3ccccc3)ccc2C(=O)CS(=O)(=O)c2cccc(F)n2)c(C)c1.Cc1cc(C)c(Oc2nc(-c3ccccc3)ccc2C(=O)O)c(C)c1. The van der Waals surface area contributed by atoms with Crippen LogP contribution in [0.2, 0.25) is 0 Å². The minimum absolute atomic E-state index is 0.00374. The normalized spacial score (nSPS) is 11.0. The second-order valence-corrected chi connectivity index (χ2v) is 16.2. The number of carbonyl (C=O) groups excluding carboxylic acids is 1. The van der Waals surface area contributed by atoms with Gasteiger partial charge in [-0.3, -0.25) is 4.79 Å². The van der Waals surface area contributed by atoms with E-state index in [1.807, 2.05) is 126 Å². The average Bonchev–Trinajstić information content (AvgIpc) is 3.21. The molecular weight excluding hydrogens is 782 g/mol. The first-order valence-corrected chi connectivity index (χ1v) is 20.5. The number of Topliss-reactive ketones (excluding diaryl/α,β-unsaturated/α-hetero) is 1. The number of aromatic nitrogens is 3. The summed E-state index contributed by atoms with van der Waals surface area (Å²) >= 11 is 0. The summed E-state index contributed by atoms with van der Waals surface area (Å²) in [5, 5.41) is 8.96. The van der Waals surface area contributed by atoms with E-state index in [2.05, 4.69) is 15.0 Å².